The molecule has 3 aliphatic rings. The van der Waals surface area contributed by atoms with Crippen molar-refractivity contribution in [2.24, 2.45) is 29.1 Å². The quantitative estimate of drug-likeness (QED) is 0.642. The van der Waals surface area contributed by atoms with E-state index in [1.807, 2.05) is 0 Å². The first-order valence-corrected chi connectivity index (χ1v) is 6.60. The molecule has 84 valence electrons. The van der Waals surface area contributed by atoms with E-state index in [9.17, 15) is 4.79 Å². The van der Waals surface area contributed by atoms with Crippen LogP contribution in [-0.2, 0) is 4.79 Å². The maximum absolute atomic E-state index is 11.4. The molecule has 4 atom stereocenters. The van der Waals surface area contributed by atoms with Crippen LogP contribution < -0.4 is 0 Å². The minimum atomic E-state index is 0.526. The smallest absolute Gasteiger partial charge is 0.133 e. The van der Waals surface area contributed by atoms with E-state index in [2.05, 4.69) is 13.8 Å². The summed E-state index contributed by atoms with van der Waals surface area (Å²) in [6.45, 7) is 4.93. The van der Waals surface area contributed by atoms with E-state index in [4.69, 9.17) is 0 Å². The summed E-state index contributed by atoms with van der Waals surface area (Å²) in [5, 5.41) is 0. The molecular formula is C14H22O. The predicted octanol–water partition coefficient (Wildman–Crippen LogP) is 3.43. The molecule has 1 heteroatoms. The molecule has 0 aromatic rings. The fourth-order valence-electron chi connectivity index (χ4n) is 5.04. The fraction of sp³-hybridized carbons (Fsp3) is 0.929. The number of Topliss-reactive ketones (excluding diaryl/α,β-unsaturated/α-hetero) is 1. The second-order valence-corrected chi connectivity index (χ2v) is 6.66. The van der Waals surface area contributed by atoms with Crippen LogP contribution in [0.4, 0.5) is 0 Å². The van der Waals surface area contributed by atoms with Gasteiger partial charge in [-0.15, -0.1) is 0 Å². The van der Waals surface area contributed by atoms with Crippen LogP contribution in [0.5, 0.6) is 0 Å². The Hall–Kier alpha value is -0.330. The van der Waals surface area contributed by atoms with Crippen molar-refractivity contribution in [2.45, 2.75) is 52.4 Å². The summed E-state index contributed by atoms with van der Waals surface area (Å²) < 4.78 is 0. The first-order chi connectivity index (χ1) is 7.09. The second kappa shape index (κ2) is 3.09. The minimum absolute atomic E-state index is 0.526. The summed E-state index contributed by atoms with van der Waals surface area (Å²) in [5.74, 6) is 4.05. The summed E-state index contributed by atoms with van der Waals surface area (Å²) >= 11 is 0. The lowest BCUT2D eigenvalue weighted by molar-refractivity contribution is -0.117. The van der Waals surface area contributed by atoms with Crippen LogP contribution in [-0.4, -0.2) is 5.78 Å². The number of hydrogen-bond acceptors (Lipinski definition) is 1. The van der Waals surface area contributed by atoms with Gasteiger partial charge in [-0.25, -0.2) is 0 Å². The van der Waals surface area contributed by atoms with Gasteiger partial charge >= 0.3 is 0 Å². The maximum atomic E-state index is 11.4. The Morgan fingerprint density at radius 2 is 1.93 bits per heavy atom. The number of carbonyl (C=O) groups excluding carboxylic acids is 1. The third kappa shape index (κ3) is 1.31. The standard InChI is InChI=1S/C14H22O/c1-14(2)11-5-3-9(7-11)13(14)10-4-6-12(15)8-10/h9-11,13H,3-8H2,1-2H3/t9-,10?,11+,13+/m0/s1. The Bertz CT molecular complexity index is 292. The molecule has 3 fully saturated rings. The molecule has 0 heterocycles. The zero-order chi connectivity index (χ0) is 10.6. The molecule has 0 N–H and O–H groups in total. The van der Waals surface area contributed by atoms with Crippen molar-refractivity contribution in [1.82, 2.24) is 0 Å². The van der Waals surface area contributed by atoms with Crippen molar-refractivity contribution in [3.05, 3.63) is 0 Å². The normalized spacial score (nSPS) is 47.7. The van der Waals surface area contributed by atoms with E-state index in [0.29, 0.717) is 11.2 Å². The second-order valence-electron chi connectivity index (χ2n) is 6.66. The van der Waals surface area contributed by atoms with Gasteiger partial charge in [-0.3, -0.25) is 4.79 Å². The van der Waals surface area contributed by atoms with Crippen molar-refractivity contribution >= 4 is 5.78 Å². The highest BCUT2D eigenvalue weighted by molar-refractivity contribution is 5.80. The lowest BCUT2D eigenvalue weighted by atomic mass is 9.63. The van der Waals surface area contributed by atoms with Crippen LogP contribution in [0.2, 0.25) is 0 Å². The van der Waals surface area contributed by atoms with Gasteiger partial charge in [0, 0.05) is 12.8 Å². The average molecular weight is 206 g/mol. The van der Waals surface area contributed by atoms with Crippen LogP contribution in [0.25, 0.3) is 0 Å². The largest absolute Gasteiger partial charge is 0.300 e. The topological polar surface area (TPSA) is 17.1 Å². The Balaban J connectivity index is 1.83. The van der Waals surface area contributed by atoms with Gasteiger partial charge < -0.3 is 0 Å². The number of hydrogen-bond donors (Lipinski definition) is 0. The van der Waals surface area contributed by atoms with Crippen molar-refractivity contribution in [3.63, 3.8) is 0 Å². The highest BCUT2D eigenvalue weighted by Crippen LogP contribution is 2.63. The van der Waals surface area contributed by atoms with Gasteiger partial charge in [0.1, 0.15) is 5.78 Å². The molecular weight excluding hydrogens is 184 g/mol. The number of ketones is 1. The van der Waals surface area contributed by atoms with E-state index in [-0.39, 0.29) is 0 Å². The van der Waals surface area contributed by atoms with Gasteiger partial charge in [0.15, 0.2) is 0 Å². The average Bonchev–Trinajstić information content (AvgIpc) is 2.79. The van der Waals surface area contributed by atoms with Crippen molar-refractivity contribution in [1.29, 1.82) is 0 Å². The van der Waals surface area contributed by atoms with Gasteiger partial charge in [0.25, 0.3) is 0 Å². The monoisotopic (exact) mass is 206 g/mol. The van der Waals surface area contributed by atoms with E-state index in [1.54, 1.807) is 0 Å². The molecule has 0 radical (unpaired) electrons. The number of carbonyl (C=O) groups is 1. The molecule has 0 aliphatic heterocycles. The molecule has 0 saturated heterocycles. The van der Waals surface area contributed by atoms with E-state index >= 15 is 0 Å². The van der Waals surface area contributed by atoms with E-state index < -0.39 is 0 Å². The Kier molecular flexibility index (Phi) is 2.03. The van der Waals surface area contributed by atoms with E-state index in [1.165, 1.54) is 25.7 Å². The number of rotatable bonds is 1. The van der Waals surface area contributed by atoms with Gasteiger partial charge in [-0.2, -0.15) is 0 Å². The van der Waals surface area contributed by atoms with Gasteiger partial charge in [0.05, 0.1) is 0 Å². The van der Waals surface area contributed by atoms with Crippen LogP contribution >= 0.6 is 0 Å². The summed E-state index contributed by atoms with van der Waals surface area (Å²) in [6, 6.07) is 0. The Morgan fingerprint density at radius 1 is 1.13 bits per heavy atom. The molecule has 0 spiro atoms. The first-order valence-electron chi connectivity index (χ1n) is 6.60. The summed E-state index contributed by atoms with van der Waals surface area (Å²) in [5.41, 5.74) is 0.526. The number of fused-ring (bicyclic) bond motifs is 2. The van der Waals surface area contributed by atoms with Crippen molar-refractivity contribution in [2.75, 3.05) is 0 Å². The maximum Gasteiger partial charge on any atom is 0.133 e. The van der Waals surface area contributed by atoms with Gasteiger partial charge in [-0.1, -0.05) is 13.8 Å². The summed E-state index contributed by atoms with van der Waals surface area (Å²) in [6.07, 6.45) is 7.32. The first kappa shape index (κ1) is 9.86. The highest BCUT2D eigenvalue weighted by atomic mass is 16.1. The third-order valence-electron chi connectivity index (χ3n) is 5.68. The molecule has 2 bridgehead atoms. The molecule has 15 heavy (non-hydrogen) atoms. The molecule has 0 aromatic carbocycles. The minimum Gasteiger partial charge on any atom is -0.300 e. The Morgan fingerprint density at radius 3 is 2.47 bits per heavy atom. The van der Waals surface area contributed by atoms with Crippen LogP contribution in [0.3, 0.4) is 0 Å². The van der Waals surface area contributed by atoms with Crippen LogP contribution in [0, 0.1) is 29.1 Å². The molecule has 3 aliphatic carbocycles. The lowest BCUT2D eigenvalue weighted by Crippen LogP contribution is -2.35. The zero-order valence-electron chi connectivity index (χ0n) is 9.96. The van der Waals surface area contributed by atoms with Gasteiger partial charge in [0.2, 0.25) is 0 Å². The SMILES string of the molecule is CC1(C)[C@@H]2CC[C@@H](C2)[C@@H]1C1CCC(=O)C1. The van der Waals surface area contributed by atoms with E-state index in [0.717, 1.165) is 36.5 Å². The summed E-state index contributed by atoms with van der Waals surface area (Å²) in [7, 11) is 0. The van der Waals surface area contributed by atoms with Gasteiger partial charge in [-0.05, 0) is 54.8 Å². The molecule has 1 nitrogen and oxygen atoms in total. The van der Waals surface area contributed by atoms with Crippen molar-refractivity contribution in [3.8, 4) is 0 Å². The Labute approximate surface area is 92.6 Å². The fourth-order valence-corrected chi connectivity index (χ4v) is 5.04. The summed E-state index contributed by atoms with van der Waals surface area (Å²) in [4.78, 5) is 11.4. The molecule has 3 rings (SSSR count). The highest BCUT2D eigenvalue weighted by Gasteiger charge is 2.55. The van der Waals surface area contributed by atoms with Crippen molar-refractivity contribution < 1.29 is 4.79 Å². The zero-order valence-corrected chi connectivity index (χ0v) is 9.96. The molecule has 1 unspecified atom stereocenters. The van der Waals surface area contributed by atoms with Crippen LogP contribution in [0.1, 0.15) is 52.4 Å². The van der Waals surface area contributed by atoms with Crippen LogP contribution in [0.15, 0.2) is 0 Å². The lowest BCUT2D eigenvalue weighted by Gasteiger charge is -2.41. The molecule has 0 aromatic heterocycles. The predicted molar refractivity (Wildman–Crippen MR) is 60.5 cm³/mol. The molecule has 3 saturated carbocycles. The molecule has 0 amide bonds. The third-order valence-corrected chi connectivity index (χ3v) is 5.68.